The Morgan fingerprint density at radius 2 is 1.76 bits per heavy atom. The summed E-state index contributed by atoms with van der Waals surface area (Å²) in [5.41, 5.74) is 3.28. The summed E-state index contributed by atoms with van der Waals surface area (Å²) in [6.45, 7) is 1.94. The molecule has 5 heteroatoms. The molecule has 110 valence electrons. The number of nitrogens with one attached hydrogen (secondary N) is 1. The smallest absolute Gasteiger partial charge is 0.207 e. The molecule has 0 aliphatic heterocycles. The van der Waals surface area contributed by atoms with Crippen LogP contribution in [0.2, 0.25) is 0 Å². The first-order valence-corrected chi connectivity index (χ1v) is 9.18. The third kappa shape index (κ3) is 2.91. The molecule has 21 heavy (non-hydrogen) atoms. The average molecular weight is 366 g/mol. The fraction of sp³-hybridized carbons (Fsp3) is 0.250. The maximum absolute atomic E-state index is 12.5. The molecule has 2 aromatic carbocycles. The van der Waals surface area contributed by atoms with Crippen molar-refractivity contribution < 1.29 is 8.42 Å². The van der Waals surface area contributed by atoms with Crippen LogP contribution in [-0.2, 0) is 16.4 Å². The summed E-state index contributed by atoms with van der Waals surface area (Å²) in [6, 6.07) is 14.6. The molecule has 0 saturated heterocycles. The monoisotopic (exact) mass is 365 g/mol. The Labute approximate surface area is 133 Å². The topological polar surface area (TPSA) is 46.2 Å². The molecule has 2 atom stereocenters. The van der Waals surface area contributed by atoms with Crippen LogP contribution in [0.4, 0.5) is 0 Å². The summed E-state index contributed by atoms with van der Waals surface area (Å²) in [5.74, 6) is 0. The van der Waals surface area contributed by atoms with Crippen LogP contribution in [0.15, 0.2) is 53.4 Å². The van der Waals surface area contributed by atoms with Gasteiger partial charge >= 0.3 is 0 Å². The Kier molecular flexibility index (Phi) is 3.90. The third-order valence-corrected chi connectivity index (χ3v) is 6.09. The molecule has 0 spiro atoms. The van der Waals surface area contributed by atoms with Gasteiger partial charge in [0.05, 0.1) is 10.9 Å². The quantitative estimate of drug-likeness (QED) is 0.847. The molecule has 1 aliphatic carbocycles. The van der Waals surface area contributed by atoms with Crippen molar-refractivity contribution in [2.45, 2.75) is 29.1 Å². The van der Waals surface area contributed by atoms with Crippen molar-refractivity contribution in [1.82, 2.24) is 4.72 Å². The fourth-order valence-electron chi connectivity index (χ4n) is 2.64. The van der Waals surface area contributed by atoms with Crippen LogP contribution in [0, 0.1) is 6.92 Å². The summed E-state index contributed by atoms with van der Waals surface area (Å²) < 4.78 is 27.9. The average Bonchev–Trinajstić information content (AvgIpc) is 2.75. The van der Waals surface area contributed by atoms with E-state index >= 15 is 0 Å². The van der Waals surface area contributed by atoms with Gasteiger partial charge in [0.15, 0.2) is 0 Å². The lowest BCUT2D eigenvalue weighted by atomic mass is 10.1. The maximum atomic E-state index is 12.5. The van der Waals surface area contributed by atoms with E-state index in [9.17, 15) is 8.42 Å². The highest BCUT2D eigenvalue weighted by atomic mass is 79.9. The van der Waals surface area contributed by atoms with Gasteiger partial charge in [-0.2, -0.15) is 0 Å². The van der Waals surface area contributed by atoms with E-state index < -0.39 is 10.0 Å². The molecule has 0 saturated carbocycles. The van der Waals surface area contributed by atoms with Gasteiger partial charge in [0.25, 0.3) is 0 Å². The largest absolute Gasteiger partial charge is 0.241 e. The van der Waals surface area contributed by atoms with Gasteiger partial charge in [0.2, 0.25) is 10.0 Å². The van der Waals surface area contributed by atoms with E-state index in [1.54, 1.807) is 12.1 Å². The number of rotatable bonds is 3. The molecule has 3 nitrogen and oxygen atoms in total. The molecule has 0 aromatic heterocycles. The predicted molar refractivity (Wildman–Crippen MR) is 87.1 cm³/mol. The highest BCUT2D eigenvalue weighted by Gasteiger charge is 2.33. The molecular formula is C16H16BrNO2S. The number of benzene rings is 2. The van der Waals surface area contributed by atoms with Gasteiger partial charge < -0.3 is 0 Å². The summed E-state index contributed by atoms with van der Waals surface area (Å²) >= 11 is 3.60. The van der Waals surface area contributed by atoms with Crippen molar-refractivity contribution in [3.63, 3.8) is 0 Å². The molecule has 0 amide bonds. The zero-order chi connectivity index (χ0) is 15.0. The summed E-state index contributed by atoms with van der Waals surface area (Å²) in [7, 11) is -3.52. The molecule has 2 aromatic rings. The zero-order valence-corrected chi connectivity index (χ0v) is 14.0. The first-order chi connectivity index (χ1) is 9.97. The Balaban J connectivity index is 1.91. The van der Waals surface area contributed by atoms with Gasteiger partial charge in [0.1, 0.15) is 0 Å². The van der Waals surface area contributed by atoms with Crippen molar-refractivity contribution >= 4 is 26.0 Å². The molecule has 0 unspecified atom stereocenters. The molecule has 0 fully saturated rings. The van der Waals surface area contributed by atoms with Gasteiger partial charge in [-0.3, -0.25) is 0 Å². The minimum Gasteiger partial charge on any atom is -0.207 e. The van der Waals surface area contributed by atoms with Crippen LogP contribution >= 0.6 is 15.9 Å². The lowest BCUT2D eigenvalue weighted by molar-refractivity contribution is 0.559. The van der Waals surface area contributed by atoms with Gasteiger partial charge in [-0.1, -0.05) is 57.9 Å². The Bertz CT molecular complexity index is 756. The second kappa shape index (κ2) is 5.55. The summed E-state index contributed by atoms with van der Waals surface area (Å²) in [6.07, 6.45) is 0.831. The van der Waals surface area contributed by atoms with Gasteiger partial charge in [-0.25, -0.2) is 13.1 Å². The van der Waals surface area contributed by atoms with Gasteiger partial charge in [-0.15, -0.1) is 0 Å². The molecule has 0 bridgehead atoms. The Morgan fingerprint density at radius 3 is 2.48 bits per heavy atom. The lowest BCUT2D eigenvalue weighted by Gasteiger charge is -2.18. The molecule has 1 aliphatic rings. The SMILES string of the molecule is Cc1ccc(S(=O)(=O)N[C@@H]2c3ccccc3C[C@H]2Br)cc1. The van der Waals surface area contributed by atoms with Gasteiger partial charge in [0, 0.05) is 4.83 Å². The van der Waals surface area contributed by atoms with Crippen LogP contribution in [-0.4, -0.2) is 13.2 Å². The highest BCUT2D eigenvalue weighted by Crippen LogP contribution is 2.36. The fourth-order valence-corrected chi connectivity index (χ4v) is 4.83. The molecule has 0 heterocycles. The van der Waals surface area contributed by atoms with Crippen LogP contribution in [0.1, 0.15) is 22.7 Å². The third-order valence-electron chi connectivity index (χ3n) is 3.78. The van der Waals surface area contributed by atoms with Crippen molar-refractivity contribution in [2.24, 2.45) is 0 Å². The normalized spacial score (nSPS) is 21.2. The number of aryl methyl sites for hydroxylation is 1. The Hall–Kier alpha value is -1.17. The van der Waals surface area contributed by atoms with Crippen LogP contribution in [0.5, 0.6) is 0 Å². The number of hydrogen-bond donors (Lipinski definition) is 1. The molecule has 3 rings (SSSR count). The summed E-state index contributed by atoms with van der Waals surface area (Å²) in [4.78, 5) is 0.382. The van der Waals surface area contributed by atoms with Crippen molar-refractivity contribution in [3.05, 3.63) is 65.2 Å². The first kappa shape index (κ1) is 14.8. The zero-order valence-electron chi connectivity index (χ0n) is 11.6. The van der Waals surface area contributed by atoms with Crippen molar-refractivity contribution in [2.75, 3.05) is 0 Å². The molecule has 0 radical (unpaired) electrons. The van der Waals surface area contributed by atoms with E-state index in [0.717, 1.165) is 17.5 Å². The van der Waals surface area contributed by atoms with Crippen LogP contribution in [0.3, 0.4) is 0 Å². The predicted octanol–water partition coefficient (Wildman–Crippen LogP) is 3.33. The van der Waals surface area contributed by atoms with Gasteiger partial charge in [-0.05, 0) is 36.6 Å². The van der Waals surface area contributed by atoms with E-state index in [1.165, 1.54) is 5.56 Å². The van der Waals surface area contributed by atoms with E-state index in [1.807, 2.05) is 43.3 Å². The summed E-state index contributed by atoms with van der Waals surface area (Å²) in [5, 5.41) is 0. The second-order valence-electron chi connectivity index (χ2n) is 5.33. The minimum atomic E-state index is -3.52. The molecular weight excluding hydrogens is 350 g/mol. The van der Waals surface area contributed by atoms with Crippen LogP contribution in [0.25, 0.3) is 0 Å². The van der Waals surface area contributed by atoms with E-state index in [4.69, 9.17) is 0 Å². The van der Waals surface area contributed by atoms with E-state index in [2.05, 4.69) is 20.7 Å². The standard InChI is InChI=1S/C16H16BrNO2S/c1-11-6-8-13(9-7-11)21(19,20)18-16-14-5-3-2-4-12(14)10-15(16)17/h2-9,15-16,18H,10H2,1H3/t15-,16-/m1/s1. The first-order valence-electron chi connectivity index (χ1n) is 6.78. The Morgan fingerprint density at radius 1 is 1.10 bits per heavy atom. The lowest BCUT2D eigenvalue weighted by Crippen LogP contribution is -2.31. The maximum Gasteiger partial charge on any atom is 0.241 e. The number of hydrogen-bond acceptors (Lipinski definition) is 2. The number of fused-ring (bicyclic) bond motifs is 1. The molecule has 1 N–H and O–H groups in total. The highest BCUT2D eigenvalue weighted by molar-refractivity contribution is 9.09. The number of halogens is 1. The van der Waals surface area contributed by atoms with E-state index in [-0.39, 0.29) is 10.9 Å². The number of sulfonamides is 1. The number of alkyl halides is 1. The minimum absolute atomic E-state index is 0.0788. The van der Waals surface area contributed by atoms with Crippen molar-refractivity contribution in [1.29, 1.82) is 0 Å². The van der Waals surface area contributed by atoms with Crippen molar-refractivity contribution in [3.8, 4) is 0 Å². The van der Waals surface area contributed by atoms with E-state index in [0.29, 0.717) is 4.90 Å². The van der Waals surface area contributed by atoms with Crippen LogP contribution < -0.4 is 4.72 Å². The second-order valence-corrected chi connectivity index (χ2v) is 8.22.